The Bertz CT molecular complexity index is 803. The lowest BCUT2D eigenvalue weighted by molar-refractivity contribution is -0.113. The molecule has 23 heavy (non-hydrogen) atoms. The van der Waals surface area contributed by atoms with E-state index in [4.69, 9.17) is 0 Å². The van der Waals surface area contributed by atoms with Crippen LogP contribution in [0.2, 0.25) is 0 Å². The third-order valence-electron chi connectivity index (χ3n) is 3.19. The maximum absolute atomic E-state index is 12.1. The van der Waals surface area contributed by atoms with Gasteiger partial charge in [0.25, 0.3) is 0 Å². The summed E-state index contributed by atoms with van der Waals surface area (Å²) in [5, 5.41) is 11.5. The SMILES string of the molecule is Cc1ccccc1NC(=O)CSc1nncn1-c1cccnc1. The summed E-state index contributed by atoms with van der Waals surface area (Å²) in [5.41, 5.74) is 2.72. The maximum atomic E-state index is 12.1. The van der Waals surface area contributed by atoms with Crippen LogP contribution in [-0.4, -0.2) is 31.4 Å². The number of aromatic nitrogens is 4. The first kappa shape index (κ1) is 15.2. The molecule has 3 rings (SSSR count). The van der Waals surface area contributed by atoms with Crippen LogP contribution in [0.1, 0.15) is 5.56 Å². The van der Waals surface area contributed by atoms with Crippen molar-refractivity contribution in [2.75, 3.05) is 11.1 Å². The summed E-state index contributed by atoms with van der Waals surface area (Å²) in [6.45, 7) is 1.96. The van der Waals surface area contributed by atoms with Gasteiger partial charge in [-0.25, -0.2) is 0 Å². The lowest BCUT2D eigenvalue weighted by atomic mass is 10.2. The predicted octanol–water partition coefficient (Wildman–Crippen LogP) is 2.70. The van der Waals surface area contributed by atoms with Crippen molar-refractivity contribution < 1.29 is 4.79 Å². The highest BCUT2D eigenvalue weighted by Crippen LogP contribution is 2.20. The molecular weight excluding hydrogens is 310 g/mol. The number of amides is 1. The van der Waals surface area contributed by atoms with Crippen LogP contribution >= 0.6 is 11.8 Å². The Morgan fingerprint density at radius 3 is 2.91 bits per heavy atom. The first-order chi connectivity index (χ1) is 11.2. The molecule has 0 aliphatic heterocycles. The molecule has 0 saturated carbocycles. The highest BCUT2D eigenvalue weighted by atomic mass is 32.2. The van der Waals surface area contributed by atoms with Crippen molar-refractivity contribution in [3.05, 3.63) is 60.7 Å². The summed E-state index contributed by atoms with van der Waals surface area (Å²) in [6, 6.07) is 11.4. The van der Waals surface area contributed by atoms with Crippen LogP contribution in [0, 0.1) is 6.92 Å². The number of aryl methyl sites for hydroxylation is 1. The van der Waals surface area contributed by atoms with E-state index in [1.165, 1.54) is 11.8 Å². The lowest BCUT2D eigenvalue weighted by Gasteiger charge is -2.08. The van der Waals surface area contributed by atoms with Gasteiger partial charge in [0.05, 0.1) is 17.6 Å². The van der Waals surface area contributed by atoms with Gasteiger partial charge in [0, 0.05) is 11.9 Å². The highest BCUT2D eigenvalue weighted by molar-refractivity contribution is 7.99. The molecule has 0 saturated heterocycles. The number of nitrogens with one attached hydrogen (secondary N) is 1. The molecule has 3 aromatic rings. The number of hydrogen-bond acceptors (Lipinski definition) is 5. The molecule has 1 amide bonds. The number of anilines is 1. The van der Waals surface area contributed by atoms with Crippen molar-refractivity contribution in [2.24, 2.45) is 0 Å². The highest BCUT2D eigenvalue weighted by Gasteiger charge is 2.11. The second-order valence-corrected chi connectivity index (χ2v) is 5.79. The first-order valence-electron chi connectivity index (χ1n) is 7.03. The van der Waals surface area contributed by atoms with Gasteiger partial charge in [0.2, 0.25) is 5.91 Å². The monoisotopic (exact) mass is 325 g/mol. The Labute approximate surface area is 138 Å². The lowest BCUT2D eigenvalue weighted by Crippen LogP contribution is -2.15. The Balaban J connectivity index is 1.64. The molecule has 1 N–H and O–H groups in total. The Hall–Kier alpha value is -2.67. The van der Waals surface area contributed by atoms with Crippen molar-refractivity contribution in [3.8, 4) is 5.69 Å². The zero-order chi connectivity index (χ0) is 16.1. The molecule has 0 unspecified atom stereocenters. The van der Waals surface area contributed by atoms with Gasteiger partial charge in [-0.1, -0.05) is 30.0 Å². The molecule has 0 aliphatic rings. The summed E-state index contributed by atoms with van der Waals surface area (Å²) in [4.78, 5) is 16.2. The molecule has 2 heterocycles. The van der Waals surface area contributed by atoms with Gasteiger partial charge in [-0.15, -0.1) is 10.2 Å². The molecule has 0 spiro atoms. The molecule has 116 valence electrons. The zero-order valence-corrected chi connectivity index (χ0v) is 13.3. The fourth-order valence-corrected chi connectivity index (χ4v) is 2.75. The normalized spacial score (nSPS) is 10.5. The van der Waals surface area contributed by atoms with Crippen molar-refractivity contribution in [3.63, 3.8) is 0 Å². The van der Waals surface area contributed by atoms with Crippen LogP contribution < -0.4 is 5.32 Å². The third kappa shape index (κ3) is 3.75. The number of thioether (sulfide) groups is 1. The topological polar surface area (TPSA) is 72.7 Å². The van der Waals surface area contributed by atoms with E-state index >= 15 is 0 Å². The summed E-state index contributed by atoms with van der Waals surface area (Å²) >= 11 is 1.33. The van der Waals surface area contributed by atoms with Crippen molar-refractivity contribution in [2.45, 2.75) is 12.1 Å². The molecule has 7 heteroatoms. The maximum Gasteiger partial charge on any atom is 0.234 e. The molecule has 0 aliphatic carbocycles. The summed E-state index contributed by atoms with van der Waals surface area (Å²) in [5.74, 6) is 0.179. The number of hydrogen-bond donors (Lipinski definition) is 1. The average Bonchev–Trinajstić information content (AvgIpc) is 3.04. The molecule has 0 atom stereocenters. The molecule has 0 radical (unpaired) electrons. The first-order valence-corrected chi connectivity index (χ1v) is 8.01. The van der Waals surface area contributed by atoms with E-state index in [-0.39, 0.29) is 11.7 Å². The van der Waals surface area contributed by atoms with E-state index in [9.17, 15) is 4.79 Å². The number of nitrogens with zero attached hydrogens (tertiary/aromatic N) is 4. The second kappa shape index (κ2) is 7.06. The number of pyridine rings is 1. The summed E-state index contributed by atoms with van der Waals surface area (Å²) in [6.07, 6.45) is 5.04. The predicted molar refractivity (Wildman–Crippen MR) is 89.7 cm³/mol. The van der Waals surface area contributed by atoms with Gasteiger partial charge >= 0.3 is 0 Å². The molecule has 2 aromatic heterocycles. The zero-order valence-electron chi connectivity index (χ0n) is 12.5. The van der Waals surface area contributed by atoms with Gasteiger partial charge in [-0.2, -0.15) is 0 Å². The molecule has 6 nitrogen and oxygen atoms in total. The molecule has 0 bridgehead atoms. The number of para-hydroxylation sites is 1. The van der Waals surface area contributed by atoms with Crippen LogP contribution in [0.15, 0.2) is 60.3 Å². The van der Waals surface area contributed by atoms with Crippen molar-refractivity contribution >= 4 is 23.4 Å². The van der Waals surface area contributed by atoms with Crippen LogP contribution in [0.4, 0.5) is 5.69 Å². The van der Waals surface area contributed by atoms with Crippen molar-refractivity contribution in [1.82, 2.24) is 19.7 Å². The Kier molecular flexibility index (Phi) is 4.68. The Morgan fingerprint density at radius 2 is 2.13 bits per heavy atom. The quantitative estimate of drug-likeness (QED) is 0.730. The van der Waals surface area contributed by atoms with E-state index in [0.717, 1.165) is 16.9 Å². The van der Waals surface area contributed by atoms with Crippen LogP contribution in [-0.2, 0) is 4.79 Å². The smallest absolute Gasteiger partial charge is 0.234 e. The third-order valence-corrected chi connectivity index (χ3v) is 4.14. The van der Waals surface area contributed by atoms with Gasteiger partial charge in [0.15, 0.2) is 5.16 Å². The van der Waals surface area contributed by atoms with E-state index in [1.807, 2.05) is 43.3 Å². The number of carbonyl (C=O) groups excluding carboxylic acids is 1. The van der Waals surface area contributed by atoms with E-state index < -0.39 is 0 Å². The van der Waals surface area contributed by atoms with Gasteiger partial charge in [-0.3, -0.25) is 14.3 Å². The number of carbonyl (C=O) groups is 1. The average molecular weight is 325 g/mol. The van der Waals surface area contributed by atoms with Gasteiger partial charge < -0.3 is 5.32 Å². The van der Waals surface area contributed by atoms with Crippen LogP contribution in [0.25, 0.3) is 5.69 Å². The van der Waals surface area contributed by atoms with E-state index in [0.29, 0.717) is 5.16 Å². The van der Waals surface area contributed by atoms with Gasteiger partial charge in [-0.05, 0) is 30.7 Å². The van der Waals surface area contributed by atoms with Crippen LogP contribution in [0.5, 0.6) is 0 Å². The fourth-order valence-electron chi connectivity index (χ4n) is 2.03. The van der Waals surface area contributed by atoms with Gasteiger partial charge in [0.1, 0.15) is 6.33 Å². The minimum atomic E-state index is -0.0787. The number of rotatable bonds is 5. The van der Waals surface area contributed by atoms with E-state index in [2.05, 4.69) is 20.5 Å². The molecule has 0 fully saturated rings. The summed E-state index contributed by atoms with van der Waals surface area (Å²) in [7, 11) is 0. The van der Waals surface area contributed by atoms with Crippen molar-refractivity contribution in [1.29, 1.82) is 0 Å². The minimum Gasteiger partial charge on any atom is -0.325 e. The second-order valence-electron chi connectivity index (χ2n) is 4.85. The Morgan fingerprint density at radius 1 is 1.26 bits per heavy atom. The standard InChI is InChI=1S/C16H15N5OS/c1-12-5-2-3-7-14(12)19-15(22)10-23-16-20-18-11-21(16)13-6-4-8-17-9-13/h2-9,11H,10H2,1H3,(H,19,22). The largest absolute Gasteiger partial charge is 0.325 e. The minimum absolute atomic E-state index is 0.0787. The molecular formula is C16H15N5OS. The number of benzene rings is 1. The van der Waals surface area contributed by atoms with E-state index in [1.54, 1.807) is 23.3 Å². The fraction of sp³-hybridized carbons (Fsp3) is 0.125. The molecule has 1 aromatic carbocycles. The van der Waals surface area contributed by atoms with Crippen LogP contribution in [0.3, 0.4) is 0 Å². The summed E-state index contributed by atoms with van der Waals surface area (Å²) < 4.78 is 1.80.